The van der Waals surface area contributed by atoms with Gasteiger partial charge in [-0.25, -0.2) is 0 Å². The van der Waals surface area contributed by atoms with Crippen molar-refractivity contribution in [3.63, 3.8) is 0 Å². The molecule has 1 rings (SSSR count). The fourth-order valence-corrected chi connectivity index (χ4v) is 2.79. The van der Waals surface area contributed by atoms with Crippen LogP contribution in [0.15, 0.2) is 22.7 Å². The highest BCUT2D eigenvalue weighted by atomic mass is 79.9. The summed E-state index contributed by atoms with van der Waals surface area (Å²) in [4.78, 5) is 0. The van der Waals surface area contributed by atoms with Gasteiger partial charge >= 0.3 is 0 Å². The van der Waals surface area contributed by atoms with Crippen molar-refractivity contribution in [2.24, 2.45) is 5.92 Å². The molecule has 1 N–H and O–H groups in total. The van der Waals surface area contributed by atoms with Crippen LogP contribution in [0.3, 0.4) is 0 Å². The van der Waals surface area contributed by atoms with Gasteiger partial charge in [0.1, 0.15) is 0 Å². The predicted octanol–water partition coefficient (Wildman–Crippen LogP) is 5.14. The molecule has 0 radical (unpaired) electrons. The zero-order valence-electron chi connectivity index (χ0n) is 10.6. The highest BCUT2D eigenvalue weighted by Crippen LogP contribution is 2.34. The Morgan fingerprint density at radius 3 is 2.59 bits per heavy atom. The van der Waals surface area contributed by atoms with E-state index in [0.717, 1.165) is 29.3 Å². The van der Waals surface area contributed by atoms with Gasteiger partial charge in [-0.1, -0.05) is 53.9 Å². The minimum absolute atomic E-state index is 0.619. The van der Waals surface area contributed by atoms with E-state index in [2.05, 4.69) is 29.8 Å². The summed E-state index contributed by atoms with van der Waals surface area (Å²) in [7, 11) is 0. The smallest absolute Gasteiger partial charge is 0.0882 e. The number of halogens is 2. The molecule has 0 fully saturated rings. The zero-order chi connectivity index (χ0) is 13.1. The van der Waals surface area contributed by atoms with Gasteiger partial charge in [-0.2, -0.15) is 0 Å². The molecule has 1 nitrogen and oxygen atoms in total. The molecule has 0 bridgehead atoms. The van der Waals surface area contributed by atoms with Gasteiger partial charge in [0.2, 0.25) is 0 Å². The second-order valence-electron chi connectivity index (χ2n) is 5.18. The molecule has 0 aliphatic carbocycles. The average Bonchev–Trinajstić information content (AvgIpc) is 2.15. The normalized spacial score (nSPS) is 15.0. The van der Waals surface area contributed by atoms with Crippen molar-refractivity contribution in [2.75, 3.05) is 0 Å². The monoisotopic (exact) mass is 318 g/mol. The van der Waals surface area contributed by atoms with E-state index >= 15 is 0 Å². The van der Waals surface area contributed by atoms with Crippen LogP contribution >= 0.6 is 27.5 Å². The molecule has 0 spiro atoms. The highest BCUT2D eigenvalue weighted by molar-refractivity contribution is 9.10. The van der Waals surface area contributed by atoms with Gasteiger partial charge in [-0.3, -0.25) is 0 Å². The molecule has 0 saturated heterocycles. The van der Waals surface area contributed by atoms with Crippen molar-refractivity contribution in [3.8, 4) is 0 Å². The second kappa shape index (κ2) is 6.21. The molecule has 0 aromatic heterocycles. The van der Waals surface area contributed by atoms with Crippen LogP contribution in [-0.2, 0) is 5.60 Å². The zero-order valence-corrected chi connectivity index (χ0v) is 13.0. The molecule has 0 amide bonds. The van der Waals surface area contributed by atoms with E-state index in [1.54, 1.807) is 0 Å². The van der Waals surface area contributed by atoms with E-state index in [1.807, 2.05) is 25.1 Å². The molecule has 0 saturated carbocycles. The van der Waals surface area contributed by atoms with Crippen LogP contribution in [0.4, 0.5) is 0 Å². The Hall–Kier alpha value is -0.0500. The maximum absolute atomic E-state index is 10.5. The number of hydrogen-bond acceptors (Lipinski definition) is 1. The Bertz CT molecular complexity index is 374. The maximum atomic E-state index is 10.5. The van der Waals surface area contributed by atoms with E-state index in [4.69, 9.17) is 11.6 Å². The standard InChI is InChI=1S/C14H20BrClO/c1-10(2)5-4-8-14(3,17)12-7-6-11(15)9-13(12)16/h6-7,9-10,17H,4-5,8H2,1-3H3. The quantitative estimate of drug-likeness (QED) is 0.797. The molecule has 0 heterocycles. The first kappa shape index (κ1) is 15.0. The molecule has 17 heavy (non-hydrogen) atoms. The number of aliphatic hydroxyl groups is 1. The van der Waals surface area contributed by atoms with Crippen molar-refractivity contribution in [2.45, 2.75) is 45.6 Å². The molecule has 1 unspecified atom stereocenters. The van der Waals surface area contributed by atoms with Gasteiger partial charge in [-0.05, 0) is 37.8 Å². The lowest BCUT2D eigenvalue weighted by Gasteiger charge is -2.25. The van der Waals surface area contributed by atoms with Crippen molar-refractivity contribution in [3.05, 3.63) is 33.3 Å². The summed E-state index contributed by atoms with van der Waals surface area (Å²) in [6.07, 6.45) is 2.88. The van der Waals surface area contributed by atoms with E-state index in [9.17, 15) is 5.11 Å². The average molecular weight is 320 g/mol. The number of benzene rings is 1. The first-order valence-electron chi connectivity index (χ1n) is 6.01. The van der Waals surface area contributed by atoms with E-state index in [-0.39, 0.29) is 0 Å². The highest BCUT2D eigenvalue weighted by Gasteiger charge is 2.25. The third-order valence-corrected chi connectivity index (χ3v) is 3.76. The molecule has 96 valence electrons. The van der Waals surface area contributed by atoms with Crippen LogP contribution in [-0.4, -0.2) is 5.11 Å². The van der Waals surface area contributed by atoms with Gasteiger partial charge in [0.25, 0.3) is 0 Å². The molecule has 3 heteroatoms. The minimum atomic E-state index is -0.841. The van der Waals surface area contributed by atoms with E-state index in [1.165, 1.54) is 0 Å². The maximum Gasteiger partial charge on any atom is 0.0882 e. The van der Waals surface area contributed by atoms with Crippen LogP contribution in [0.25, 0.3) is 0 Å². The first-order chi connectivity index (χ1) is 7.83. The summed E-state index contributed by atoms with van der Waals surface area (Å²) < 4.78 is 0.934. The number of rotatable bonds is 5. The molecule has 1 aromatic rings. The third kappa shape index (κ3) is 4.61. The van der Waals surface area contributed by atoms with Crippen LogP contribution in [0, 0.1) is 5.92 Å². The topological polar surface area (TPSA) is 20.2 Å². The van der Waals surface area contributed by atoms with E-state index in [0.29, 0.717) is 10.9 Å². The van der Waals surface area contributed by atoms with Gasteiger partial charge < -0.3 is 5.11 Å². The molecular formula is C14H20BrClO. The Kier molecular flexibility index (Phi) is 5.49. The lowest BCUT2D eigenvalue weighted by molar-refractivity contribution is 0.0442. The first-order valence-corrected chi connectivity index (χ1v) is 7.18. The Morgan fingerprint density at radius 1 is 1.41 bits per heavy atom. The Morgan fingerprint density at radius 2 is 2.06 bits per heavy atom. The molecule has 0 aliphatic rings. The van der Waals surface area contributed by atoms with Crippen molar-refractivity contribution < 1.29 is 5.11 Å². The SMILES string of the molecule is CC(C)CCCC(C)(O)c1ccc(Br)cc1Cl. The molecule has 1 aromatic carbocycles. The summed E-state index contributed by atoms with van der Waals surface area (Å²) in [5.74, 6) is 0.672. The summed E-state index contributed by atoms with van der Waals surface area (Å²) in [5, 5.41) is 11.1. The van der Waals surface area contributed by atoms with E-state index < -0.39 is 5.60 Å². The fourth-order valence-electron chi connectivity index (χ4n) is 1.92. The van der Waals surface area contributed by atoms with Gasteiger partial charge in [-0.15, -0.1) is 0 Å². The Balaban J connectivity index is 2.74. The minimum Gasteiger partial charge on any atom is -0.385 e. The van der Waals surface area contributed by atoms with Crippen molar-refractivity contribution in [1.29, 1.82) is 0 Å². The summed E-state index contributed by atoms with van der Waals surface area (Å²) in [5.41, 5.74) is -0.0294. The lowest BCUT2D eigenvalue weighted by Crippen LogP contribution is -2.21. The second-order valence-corrected chi connectivity index (χ2v) is 6.51. The lowest BCUT2D eigenvalue weighted by atomic mass is 9.89. The molecule has 1 atom stereocenters. The fraction of sp³-hybridized carbons (Fsp3) is 0.571. The van der Waals surface area contributed by atoms with Gasteiger partial charge in [0.15, 0.2) is 0 Å². The van der Waals surface area contributed by atoms with Crippen molar-refractivity contribution in [1.82, 2.24) is 0 Å². The summed E-state index contributed by atoms with van der Waals surface area (Å²) in [6, 6.07) is 5.63. The molecule has 0 aliphatic heterocycles. The number of hydrogen-bond donors (Lipinski definition) is 1. The summed E-state index contributed by atoms with van der Waals surface area (Å²) in [6.45, 7) is 6.23. The largest absolute Gasteiger partial charge is 0.385 e. The van der Waals surface area contributed by atoms with Crippen molar-refractivity contribution >= 4 is 27.5 Å². The van der Waals surface area contributed by atoms with Crippen LogP contribution in [0.1, 0.15) is 45.6 Å². The Labute approximate surface area is 117 Å². The molecular weight excluding hydrogens is 300 g/mol. The van der Waals surface area contributed by atoms with Crippen LogP contribution < -0.4 is 0 Å². The van der Waals surface area contributed by atoms with Gasteiger partial charge in [0.05, 0.1) is 5.60 Å². The van der Waals surface area contributed by atoms with Crippen LogP contribution in [0.2, 0.25) is 5.02 Å². The third-order valence-electron chi connectivity index (χ3n) is 2.96. The predicted molar refractivity (Wildman–Crippen MR) is 77.4 cm³/mol. The van der Waals surface area contributed by atoms with Crippen LogP contribution in [0.5, 0.6) is 0 Å². The van der Waals surface area contributed by atoms with Gasteiger partial charge in [0, 0.05) is 15.1 Å². The summed E-state index contributed by atoms with van der Waals surface area (Å²) >= 11 is 9.53.